The number of nitrogens with one attached hydrogen (secondary N) is 1. The Kier molecular flexibility index (Phi) is 6.74. The van der Waals surface area contributed by atoms with Crippen LogP contribution in [0.2, 0.25) is 10.0 Å². The molecule has 2 aromatic carbocycles. The second-order valence-corrected chi connectivity index (χ2v) is 9.19. The van der Waals surface area contributed by atoms with Gasteiger partial charge in [0, 0.05) is 22.7 Å². The van der Waals surface area contributed by atoms with E-state index >= 15 is 0 Å². The van der Waals surface area contributed by atoms with Crippen LogP contribution in [0.3, 0.4) is 0 Å². The highest BCUT2D eigenvalue weighted by molar-refractivity contribution is 6.35. The maximum absolute atomic E-state index is 12.8. The van der Waals surface area contributed by atoms with Gasteiger partial charge in [-0.1, -0.05) is 23.2 Å². The zero-order chi connectivity index (χ0) is 22.8. The Morgan fingerprint density at radius 3 is 2.66 bits per heavy atom. The van der Waals surface area contributed by atoms with E-state index in [1.807, 2.05) is 19.1 Å². The quantitative estimate of drug-likeness (QED) is 0.497. The SMILES string of the molecule is Cc1c(CC(=O)NC2CCCC(N)C2)nn(-c2ccc(Cl)cc2Cl)c1-c1ccc(O)cc1. The lowest BCUT2D eigenvalue weighted by atomic mass is 9.91. The molecule has 1 aromatic heterocycles. The molecule has 0 spiro atoms. The Bertz CT molecular complexity index is 1130. The lowest BCUT2D eigenvalue weighted by molar-refractivity contribution is -0.121. The van der Waals surface area contributed by atoms with E-state index in [1.165, 1.54) is 0 Å². The normalized spacial score (nSPS) is 18.5. The van der Waals surface area contributed by atoms with Gasteiger partial charge in [-0.3, -0.25) is 4.79 Å². The van der Waals surface area contributed by atoms with Gasteiger partial charge in [0.05, 0.1) is 28.5 Å². The average molecular weight is 473 g/mol. The molecule has 0 saturated heterocycles. The second-order valence-electron chi connectivity index (χ2n) is 8.34. The van der Waals surface area contributed by atoms with Crippen molar-refractivity contribution in [3.63, 3.8) is 0 Å². The highest BCUT2D eigenvalue weighted by atomic mass is 35.5. The van der Waals surface area contributed by atoms with Gasteiger partial charge in [-0.05, 0) is 80.6 Å². The van der Waals surface area contributed by atoms with Gasteiger partial charge in [-0.15, -0.1) is 0 Å². The number of carbonyl (C=O) groups is 1. The van der Waals surface area contributed by atoms with E-state index in [4.69, 9.17) is 34.0 Å². The van der Waals surface area contributed by atoms with Gasteiger partial charge >= 0.3 is 0 Å². The summed E-state index contributed by atoms with van der Waals surface area (Å²) in [6.45, 7) is 1.94. The predicted molar refractivity (Wildman–Crippen MR) is 127 cm³/mol. The fraction of sp³-hybridized carbons (Fsp3) is 0.333. The number of aromatic nitrogens is 2. The van der Waals surface area contributed by atoms with Crippen LogP contribution in [0.1, 0.15) is 36.9 Å². The first-order valence-corrected chi connectivity index (χ1v) is 11.5. The third kappa shape index (κ3) is 4.93. The van der Waals surface area contributed by atoms with Crippen LogP contribution in [0.15, 0.2) is 42.5 Å². The van der Waals surface area contributed by atoms with Crippen molar-refractivity contribution >= 4 is 29.1 Å². The van der Waals surface area contributed by atoms with Crippen LogP contribution in [-0.4, -0.2) is 32.9 Å². The standard InChI is InChI=1S/C24H26Cl2N4O2/c1-14-21(13-23(32)28-18-4-2-3-17(27)12-18)29-30(22-10-7-16(25)11-20(22)26)24(14)15-5-8-19(31)9-6-15/h5-11,17-18,31H,2-4,12-13,27H2,1H3,(H,28,32). The molecule has 1 saturated carbocycles. The van der Waals surface area contributed by atoms with Crippen LogP contribution >= 0.6 is 23.2 Å². The molecule has 0 radical (unpaired) electrons. The molecule has 1 heterocycles. The van der Waals surface area contributed by atoms with Crippen molar-refractivity contribution in [1.29, 1.82) is 0 Å². The zero-order valence-electron chi connectivity index (χ0n) is 17.8. The van der Waals surface area contributed by atoms with Crippen molar-refractivity contribution in [3.8, 4) is 22.7 Å². The zero-order valence-corrected chi connectivity index (χ0v) is 19.3. The first-order valence-electron chi connectivity index (χ1n) is 10.7. The molecule has 1 aliphatic rings. The van der Waals surface area contributed by atoms with Crippen LogP contribution < -0.4 is 11.1 Å². The predicted octanol–water partition coefficient (Wildman–Crippen LogP) is 4.79. The molecule has 2 atom stereocenters. The third-order valence-electron chi connectivity index (χ3n) is 5.91. The van der Waals surface area contributed by atoms with Crippen molar-refractivity contribution in [2.75, 3.05) is 0 Å². The summed E-state index contributed by atoms with van der Waals surface area (Å²) in [6, 6.07) is 12.3. The molecule has 3 aromatic rings. The number of nitrogens with two attached hydrogens (primary N) is 1. The number of rotatable bonds is 5. The van der Waals surface area contributed by atoms with Crippen molar-refractivity contribution in [2.45, 2.75) is 51.1 Å². The van der Waals surface area contributed by atoms with E-state index in [0.29, 0.717) is 21.4 Å². The van der Waals surface area contributed by atoms with Crippen molar-refractivity contribution < 1.29 is 9.90 Å². The van der Waals surface area contributed by atoms with E-state index in [9.17, 15) is 9.90 Å². The Morgan fingerprint density at radius 2 is 1.97 bits per heavy atom. The first-order chi connectivity index (χ1) is 15.3. The maximum Gasteiger partial charge on any atom is 0.226 e. The summed E-state index contributed by atoms with van der Waals surface area (Å²) in [5, 5.41) is 18.6. The smallest absolute Gasteiger partial charge is 0.226 e. The van der Waals surface area contributed by atoms with E-state index in [1.54, 1.807) is 35.0 Å². The number of aromatic hydroxyl groups is 1. The molecule has 1 fully saturated rings. The van der Waals surface area contributed by atoms with E-state index in [0.717, 1.165) is 42.5 Å². The van der Waals surface area contributed by atoms with Gasteiger partial charge in [0.2, 0.25) is 5.91 Å². The summed E-state index contributed by atoms with van der Waals surface area (Å²) in [7, 11) is 0. The number of halogens is 2. The van der Waals surface area contributed by atoms with Crippen LogP contribution in [0.25, 0.3) is 16.9 Å². The topological polar surface area (TPSA) is 93.2 Å². The van der Waals surface area contributed by atoms with E-state index in [-0.39, 0.29) is 30.2 Å². The highest BCUT2D eigenvalue weighted by Gasteiger charge is 2.24. The second kappa shape index (κ2) is 9.53. The molecule has 8 heteroatoms. The molecule has 4 N–H and O–H groups in total. The molecule has 0 aliphatic heterocycles. The molecule has 0 bridgehead atoms. The minimum Gasteiger partial charge on any atom is -0.508 e. The first kappa shape index (κ1) is 22.6. The third-order valence-corrected chi connectivity index (χ3v) is 6.44. The number of nitrogens with zero attached hydrogens (tertiary/aromatic N) is 2. The number of amides is 1. The summed E-state index contributed by atoms with van der Waals surface area (Å²) in [6.07, 6.45) is 3.94. The maximum atomic E-state index is 12.8. The summed E-state index contributed by atoms with van der Waals surface area (Å²) in [4.78, 5) is 12.8. The number of hydrogen-bond donors (Lipinski definition) is 3. The van der Waals surface area contributed by atoms with Crippen molar-refractivity contribution in [1.82, 2.24) is 15.1 Å². The van der Waals surface area contributed by atoms with Crippen LogP contribution in [0, 0.1) is 6.92 Å². The van der Waals surface area contributed by atoms with Crippen LogP contribution in [0.4, 0.5) is 0 Å². The monoisotopic (exact) mass is 472 g/mol. The fourth-order valence-electron chi connectivity index (χ4n) is 4.28. The summed E-state index contributed by atoms with van der Waals surface area (Å²) in [5.74, 6) is 0.101. The Balaban J connectivity index is 1.69. The minimum atomic E-state index is -0.0729. The Morgan fingerprint density at radius 1 is 1.22 bits per heavy atom. The summed E-state index contributed by atoms with van der Waals surface area (Å²) >= 11 is 12.6. The van der Waals surface area contributed by atoms with Gasteiger partial charge in [-0.25, -0.2) is 4.68 Å². The number of carbonyl (C=O) groups excluding carboxylic acids is 1. The Labute approximate surface area is 197 Å². The van der Waals surface area contributed by atoms with Crippen molar-refractivity contribution in [3.05, 3.63) is 63.8 Å². The molecule has 32 heavy (non-hydrogen) atoms. The van der Waals surface area contributed by atoms with E-state index in [2.05, 4.69) is 5.32 Å². The lowest BCUT2D eigenvalue weighted by Gasteiger charge is -2.27. The number of hydrogen-bond acceptors (Lipinski definition) is 4. The lowest BCUT2D eigenvalue weighted by Crippen LogP contribution is -2.42. The summed E-state index contributed by atoms with van der Waals surface area (Å²) < 4.78 is 1.74. The van der Waals surface area contributed by atoms with Crippen molar-refractivity contribution in [2.24, 2.45) is 5.73 Å². The molecular formula is C24H26Cl2N4O2. The molecule has 1 amide bonds. The van der Waals surface area contributed by atoms with Gasteiger partial charge in [0.25, 0.3) is 0 Å². The molecule has 2 unspecified atom stereocenters. The average Bonchev–Trinajstić information content (AvgIpc) is 3.04. The fourth-order valence-corrected chi connectivity index (χ4v) is 4.77. The van der Waals surface area contributed by atoms with Crippen LogP contribution in [-0.2, 0) is 11.2 Å². The van der Waals surface area contributed by atoms with Gasteiger partial charge in [-0.2, -0.15) is 5.10 Å². The highest BCUT2D eigenvalue weighted by Crippen LogP contribution is 2.33. The molecule has 168 valence electrons. The van der Waals surface area contributed by atoms with Gasteiger partial charge in [0.15, 0.2) is 0 Å². The molecule has 4 rings (SSSR count). The van der Waals surface area contributed by atoms with E-state index < -0.39 is 0 Å². The minimum absolute atomic E-state index is 0.0729. The Hall–Kier alpha value is -2.54. The van der Waals surface area contributed by atoms with Gasteiger partial charge in [0.1, 0.15) is 5.75 Å². The molecule has 6 nitrogen and oxygen atoms in total. The van der Waals surface area contributed by atoms with Crippen LogP contribution in [0.5, 0.6) is 5.75 Å². The number of phenolic OH excluding ortho intramolecular Hbond substituents is 1. The largest absolute Gasteiger partial charge is 0.508 e. The molecular weight excluding hydrogens is 447 g/mol. The summed E-state index contributed by atoms with van der Waals surface area (Å²) in [5.41, 5.74) is 9.91. The number of benzene rings is 2. The molecule has 1 aliphatic carbocycles. The number of phenols is 1. The van der Waals surface area contributed by atoms with Gasteiger partial charge < -0.3 is 16.2 Å².